The van der Waals surface area contributed by atoms with Crippen molar-refractivity contribution in [3.8, 4) is 0 Å². The first-order valence-electron chi connectivity index (χ1n) is 6.09. The molecule has 0 radical (unpaired) electrons. The largest absolute Gasteiger partial charge is 0.478 e. The lowest BCUT2D eigenvalue weighted by Crippen LogP contribution is -2.54. The number of urea groups is 1. The van der Waals surface area contributed by atoms with Crippen LogP contribution in [0.4, 0.5) is 10.5 Å². The van der Waals surface area contributed by atoms with Gasteiger partial charge in [0, 0.05) is 0 Å². The van der Waals surface area contributed by atoms with Crippen LogP contribution in [0.25, 0.3) is 0 Å². The number of carboxylic acid groups (broad SMARTS) is 1. The fourth-order valence-corrected chi connectivity index (χ4v) is 1.92. The van der Waals surface area contributed by atoms with Gasteiger partial charge in [0.1, 0.15) is 13.1 Å². The number of piperazine rings is 1. The second-order valence-electron chi connectivity index (χ2n) is 4.61. The Bertz CT molecular complexity index is 625. The van der Waals surface area contributed by atoms with Crippen LogP contribution in [-0.4, -0.2) is 46.9 Å². The van der Waals surface area contributed by atoms with Gasteiger partial charge in [0.25, 0.3) is 0 Å². The highest BCUT2D eigenvalue weighted by molar-refractivity contribution is 6.05. The molecule has 0 atom stereocenters. The summed E-state index contributed by atoms with van der Waals surface area (Å²) < 4.78 is 0. The van der Waals surface area contributed by atoms with Crippen molar-refractivity contribution in [2.45, 2.75) is 6.92 Å². The first-order chi connectivity index (χ1) is 9.86. The van der Waals surface area contributed by atoms with Gasteiger partial charge in [0.05, 0.1) is 11.3 Å². The van der Waals surface area contributed by atoms with E-state index in [2.05, 4.69) is 10.6 Å². The molecule has 0 saturated carbocycles. The van der Waals surface area contributed by atoms with Crippen molar-refractivity contribution < 1.29 is 24.3 Å². The first kappa shape index (κ1) is 14.5. The summed E-state index contributed by atoms with van der Waals surface area (Å²) >= 11 is 0. The van der Waals surface area contributed by atoms with Crippen LogP contribution in [0, 0.1) is 6.92 Å². The Labute approximate surface area is 119 Å². The fraction of sp³-hybridized carbons (Fsp3) is 0.231. The molecule has 110 valence electrons. The maximum atomic E-state index is 12.0. The number of imide groups is 1. The first-order valence-corrected chi connectivity index (χ1v) is 6.09. The van der Waals surface area contributed by atoms with Crippen LogP contribution in [-0.2, 0) is 9.59 Å². The summed E-state index contributed by atoms with van der Waals surface area (Å²) in [5.41, 5.74) is 0.783. The molecule has 1 aliphatic rings. The zero-order valence-electron chi connectivity index (χ0n) is 11.2. The van der Waals surface area contributed by atoms with Crippen LogP contribution < -0.4 is 10.6 Å². The Morgan fingerprint density at radius 1 is 1.24 bits per heavy atom. The molecule has 1 aromatic carbocycles. The van der Waals surface area contributed by atoms with Crippen LogP contribution >= 0.6 is 0 Å². The Morgan fingerprint density at radius 2 is 1.86 bits per heavy atom. The lowest BCUT2D eigenvalue weighted by atomic mass is 10.1. The predicted molar refractivity (Wildman–Crippen MR) is 71.9 cm³/mol. The van der Waals surface area contributed by atoms with E-state index in [0.29, 0.717) is 0 Å². The van der Waals surface area contributed by atoms with Crippen molar-refractivity contribution in [2.24, 2.45) is 0 Å². The summed E-state index contributed by atoms with van der Waals surface area (Å²) in [5.74, 6) is -2.34. The number of nitrogens with one attached hydrogen (secondary N) is 2. The quantitative estimate of drug-likeness (QED) is 0.672. The van der Waals surface area contributed by atoms with Crippen LogP contribution in [0.3, 0.4) is 0 Å². The number of amides is 4. The van der Waals surface area contributed by atoms with E-state index in [4.69, 9.17) is 5.11 Å². The Morgan fingerprint density at radius 3 is 2.43 bits per heavy atom. The number of carboxylic acids is 1. The van der Waals surface area contributed by atoms with Crippen LogP contribution in [0.15, 0.2) is 18.2 Å². The molecule has 1 fully saturated rings. The predicted octanol–water partition coefficient (Wildman–Crippen LogP) is 0.184. The minimum atomic E-state index is -1.18. The number of anilines is 1. The highest BCUT2D eigenvalue weighted by atomic mass is 16.4. The molecule has 1 saturated heterocycles. The Hall–Kier alpha value is -2.90. The summed E-state index contributed by atoms with van der Waals surface area (Å²) in [6.07, 6.45) is 0. The maximum absolute atomic E-state index is 12.0. The van der Waals surface area contributed by atoms with E-state index in [1.807, 2.05) is 0 Å². The molecule has 8 heteroatoms. The van der Waals surface area contributed by atoms with E-state index >= 15 is 0 Å². The van der Waals surface area contributed by atoms with Gasteiger partial charge in [-0.15, -0.1) is 0 Å². The standard InChI is InChI=1S/C13H13N3O5/c1-7-2-3-9(8(4-7)12(19)20)14-13(21)16-5-10(17)15-11(18)6-16/h2-4H,5-6H2,1H3,(H,14,21)(H,19,20)(H,15,17,18). The highest BCUT2D eigenvalue weighted by Gasteiger charge is 2.27. The summed E-state index contributed by atoms with van der Waals surface area (Å²) in [6.45, 7) is 1.21. The third-order valence-electron chi connectivity index (χ3n) is 2.88. The van der Waals surface area contributed by atoms with Gasteiger partial charge in [-0.3, -0.25) is 14.9 Å². The lowest BCUT2D eigenvalue weighted by molar-refractivity contribution is -0.134. The van der Waals surface area contributed by atoms with Crippen molar-refractivity contribution in [3.63, 3.8) is 0 Å². The van der Waals surface area contributed by atoms with Gasteiger partial charge >= 0.3 is 12.0 Å². The molecular formula is C13H13N3O5. The minimum absolute atomic E-state index is 0.0591. The summed E-state index contributed by atoms with van der Waals surface area (Å²) in [6, 6.07) is 3.83. The van der Waals surface area contributed by atoms with E-state index in [1.165, 1.54) is 12.1 Å². The normalized spacial score (nSPS) is 14.6. The molecule has 0 spiro atoms. The Balaban J connectivity index is 2.18. The second-order valence-corrected chi connectivity index (χ2v) is 4.61. The molecule has 8 nitrogen and oxygen atoms in total. The second kappa shape index (κ2) is 5.61. The number of hydrogen-bond acceptors (Lipinski definition) is 4. The average molecular weight is 291 g/mol. The molecular weight excluding hydrogens is 278 g/mol. The number of hydrogen-bond donors (Lipinski definition) is 3. The average Bonchev–Trinajstić information content (AvgIpc) is 2.39. The van der Waals surface area contributed by atoms with Crippen molar-refractivity contribution in [1.82, 2.24) is 10.2 Å². The fourth-order valence-electron chi connectivity index (χ4n) is 1.92. The van der Waals surface area contributed by atoms with E-state index in [-0.39, 0.29) is 24.3 Å². The van der Waals surface area contributed by atoms with Crippen molar-refractivity contribution >= 4 is 29.5 Å². The van der Waals surface area contributed by atoms with Gasteiger partial charge < -0.3 is 15.3 Å². The molecule has 0 unspecified atom stereocenters. The van der Waals surface area contributed by atoms with Crippen LogP contribution in [0.2, 0.25) is 0 Å². The molecule has 1 aliphatic heterocycles. The monoisotopic (exact) mass is 291 g/mol. The van der Waals surface area contributed by atoms with Gasteiger partial charge in [-0.05, 0) is 19.1 Å². The van der Waals surface area contributed by atoms with E-state index in [9.17, 15) is 19.2 Å². The number of carbonyl (C=O) groups is 4. The minimum Gasteiger partial charge on any atom is -0.478 e. The molecule has 0 aromatic heterocycles. The molecule has 2 rings (SSSR count). The van der Waals surface area contributed by atoms with E-state index < -0.39 is 23.8 Å². The number of benzene rings is 1. The maximum Gasteiger partial charge on any atom is 0.337 e. The van der Waals surface area contributed by atoms with Gasteiger partial charge in [-0.1, -0.05) is 11.6 Å². The smallest absolute Gasteiger partial charge is 0.337 e. The van der Waals surface area contributed by atoms with Gasteiger partial charge in [-0.2, -0.15) is 0 Å². The summed E-state index contributed by atoms with van der Waals surface area (Å²) in [7, 11) is 0. The Kier molecular flexibility index (Phi) is 3.88. The van der Waals surface area contributed by atoms with Crippen molar-refractivity contribution in [3.05, 3.63) is 29.3 Å². The lowest BCUT2D eigenvalue weighted by Gasteiger charge is -2.25. The highest BCUT2D eigenvalue weighted by Crippen LogP contribution is 2.18. The van der Waals surface area contributed by atoms with Crippen molar-refractivity contribution in [2.75, 3.05) is 18.4 Å². The van der Waals surface area contributed by atoms with Gasteiger partial charge in [0.15, 0.2) is 0 Å². The molecule has 3 N–H and O–H groups in total. The van der Waals surface area contributed by atoms with Gasteiger partial charge in [0.2, 0.25) is 11.8 Å². The number of rotatable bonds is 2. The van der Waals surface area contributed by atoms with E-state index in [1.54, 1.807) is 13.0 Å². The summed E-state index contributed by atoms with van der Waals surface area (Å²) in [5, 5.41) is 13.6. The van der Waals surface area contributed by atoms with Crippen LogP contribution in [0.5, 0.6) is 0 Å². The molecule has 0 bridgehead atoms. The molecule has 0 aliphatic carbocycles. The van der Waals surface area contributed by atoms with Crippen LogP contribution in [0.1, 0.15) is 15.9 Å². The zero-order chi connectivity index (χ0) is 15.6. The molecule has 4 amide bonds. The van der Waals surface area contributed by atoms with Crippen molar-refractivity contribution in [1.29, 1.82) is 0 Å². The topological polar surface area (TPSA) is 116 Å². The number of nitrogens with zero attached hydrogens (tertiary/aromatic N) is 1. The number of aromatic carboxylic acids is 1. The zero-order valence-corrected chi connectivity index (χ0v) is 11.2. The molecule has 1 aromatic rings. The number of aryl methyl sites for hydroxylation is 1. The third kappa shape index (κ3) is 3.35. The van der Waals surface area contributed by atoms with E-state index in [0.717, 1.165) is 10.5 Å². The number of carbonyl (C=O) groups excluding carboxylic acids is 3. The van der Waals surface area contributed by atoms with Gasteiger partial charge in [-0.25, -0.2) is 9.59 Å². The summed E-state index contributed by atoms with van der Waals surface area (Å²) in [4.78, 5) is 46.6. The molecule has 1 heterocycles. The molecule has 21 heavy (non-hydrogen) atoms. The third-order valence-corrected chi connectivity index (χ3v) is 2.88. The SMILES string of the molecule is Cc1ccc(NC(=O)N2CC(=O)NC(=O)C2)c(C(=O)O)c1.